The minimum absolute atomic E-state index is 0.0184. The molecule has 0 unspecified atom stereocenters. The third-order valence-corrected chi connectivity index (χ3v) is 7.54. The number of hydrogen-bond donors (Lipinski definition) is 0. The third-order valence-electron chi connectivity index (χ3n) is 6.41. The highest BCUT2D eigenvalue weighted by atomic mass is 32.2. The van der Waals surface area contributed by atoms with Gasteiger partial charge in [-0.3, -0.25) is 4.79 Å². The Kier molecular flexibility index (Phi) is 5.62. The van der Waals surface area contributed by atoms with Gasteiger partial charge in [0.05, 0.1) is 23.4 Å². The monoisotopic (exact) mass is 427 g/mol. The third kappa shape index (κ3) is 4.10. The summed E-state index contributed by atoms with van der Waals surface area (Å²) in [7, 11) is -3.25. The summed E-state index contributed by atoms with van der Waals surface area (Å²) >= 11 is 0. The van der Waals surface area contributed by atoms with Crippen LogP contribution in [0.3, 0.4) is 0 Å². The smallest absolute Gasteiger partial charge is 0.233 e. The first kappa shape index (κ1) is 20.9. The van der Waals surface area contributed by atoms with Gasteiger partial charge in [0, 0.05) is 6.26 Å². The summed E-state index contributed by atoms with van der Waals surface area (Å²) in [6.07, 6.45) is 6.00. The molecule has 0 atom stereocenters. The number of ether oxygens (including phenoxy) is 1. The zero-order valence-electron chi connectivity index (χ0n) is 17.6. The minimum atomic E-state index is -3.25. The van der Waals surface area contributed by atoms with Crippen LogP contribution in [0.4, 0.5) is 0 Å². The van der Waals surface area contributed by atoms with Crippen LogP contribution in [-0.2, 0) is 20.0 Å². The van der Waals surface area contributed by atoms with Crippen LogP contribution < -0.4 is 4.74 Å². The van der Waals surface area contributed by atoms with E-state index in [1.165, 1.54) is 11.8 Å². The van der Waals surface area contributed by atoms with Crippen LogP contribution in [0.5, 0.6) is 5.75 Å². The van der Waals surface area contributed by atoms with Gasteiger partial charge in [-0.25, -0.2) is 8.42 Å². The highest BCUT2D eigenvalue weighted by Gasteiger charge is 2.47. The molecular formula is C24H29NO4S. The second-order valence-electron chi connectivity index (χ2n) is 8.70. The van der Waals surface area contributed by atoms with Crippen LogP contribution in [0.25, 0.3) is 0 Å². The van der Waals surface area contributed by atoms with Crippen molar-refractivity contribution in [1.82, 2.24) is 4.90 Å². The van der Waals surface area contributed by atoms with E-state index in [-0.39, 0.29) is 12.0 Å². The lowest BCUT2D eigenvalue weighted by molar-refractivity contribution is -0.148. The van der Waals surface area contributed by atoms with Gasteiger partial charge in [0.1, 0.15) is 11.9 Å². The topological polar surface area (TPSA) is 63.7 Å². The van der Waals surface area contributed by atoms with Crippen molar-refractivity contribution in [3.8, 4) is 5.75 Å². The maximum atomic E-state index is 13.6. The van der Waals surface area contributed by atoms with Gasteiger partial charge in [0.25, 0.3) is 0 Å². The first-order valence-electron chi connectivity index (χ1n) is 10.6. The van der Waals surface area contributed by atoms with E-state index in [0.29, 0.717) is 18.0 Å². The van der Waals surface area contributed by atoms with Crippen LogP contribution in [0, 0.1) is 6.92 Å². The molecule has 1 saturated carbocycles. The van der Waals surface area contributed by atoms with Gasteiger partial charge in [-0.2, -0.15) is 0 Å². The van der Waals surface area contributed by atoms with Crippen molar-refractivity contribution in [2.75, 3.05) is 19.3 Å². The van der Waals surface area contributed by atoms with Gasteiger partial charge in [0.15, 0.2) is 9.84 Å². The Labute approximate surface area is 179 Å². The predicted octanol–water partition coefficient (Wildman–Crippen LogP) is 3.89. The van der Waals surface area contributed by atoms with Crippen LogP contribution >= 0.6 is 0 Å². The average Bonchev–Trinajstić information content (AvgIpc) is 2.71. The SMILES string of the molecule is Cc1ccc(OC2CN(C(=O)C3(c4ccc(S(C)(=O)=O)cc4)CCCCC3)C2)cc1. The van der Waals surface area contributed by atoms with Gasteiger partial charge in [-0.1, -0.05) is 49.1 Å². The molecule has 30 heavy (non-hydrogen) atoms. The largest absolute Gasteiger partial charge is 0.487 e. The number of benzene rings is 2. The first-order valence-corrected chi connectivity index (χ1v) is 12.5. The molecule has 1 saturated heterocycles. The fourth-order valence-corrected chi connectivity index (χ4v) is 5.22. The molecule has 0 bridgehead atoms. The first-order chi connectivity index (χ1) is 14.3. The summed E-state index contributed by atoms with van der Waals surface area (Å²) in [5.74, 6) is 0.986. The standard InChI is InChI=1S/C24H29NO4S/c1-18-6-10-20(11-7-18)29-21-16-25(17-21)23(26)24(14-4-3-5-15-24)19-8-12-22(13-9-19)30(2,27)28/h6-13,21H,3-5,14-17H2,1-2H3. The number of sulfone groups is 1. The van der Waals surface area contributed by atoms with E-state index in [2.05, 4.69) is 0 Å². The van der Waals surface area contributed by atoms with Gasteiger partial charge < -0.3 is 9.64 Å². The van der Waals surface area contributed by atoms with Crippen molar-refractivity contribution in [1.29, 1.82) is 0 Å². The Balaban J connectivity index is 1.49. The molecular weight excluding hydrogens is 398 g/mol. The Morgan fingerprint density at radius 1 is 0.967 bits per heavy atom. The molecule has 0 spiro atoms. The lowest BCUT2D eigenvalue weighted by atomic mass is 9.68. The molecule has 2 fully saturated rings. The number of hydrogen-bond acceptors (Lipinski definition) is 4. The summed E-state index contributed by atoms with van der Waals surface area (Å²) in [6, 6.07) is 14.9. The molecule has 160 valence electrons. The molecule has 6 heteroatoms. The molecule has 2 aromatic rings. The molecule has 1 aliphatic carbocycles. The Bertz CT molecular complexity index is 1000. The molecule has 0 radical (unpaired) electrons. The molecule has 2 aliphatic rings. The molecule has 1 heterocycles. The minimum Gasteiger partial charge on any atom is -0.487 e. The van der Waals surface area contributed by atoms with E-state index in [9.17, 15) is 13.2 Å². The van der Waals surface area contributed by atoms with Gasteiger partial charge in [0.2, 0.25) is 5.91 Å². The number of likely N-dealkylation sites (tertiary alicyclic amines) is 1. The normalized spacial score (nSPS) is 19.2. The van der Waals surface area contributed by atoms with Gasteiger partial charge in [-0.15, -0.1) is 0 Å². The van der Waals surface area contributed by atoms with Crippen LogP contribution in [0.15, 0.2) is 53.4 Å². The fraction of sp³-hybridized carbons (Fsp3) is 0.458. The van der Waals surface area contributed by atoms with E-state index in [1.54, 1.807) is 12.1 Å². The summed E-state index contributed by atoms with van der Waals surface area (Å²) in [6.45, 7) is 3.23. The molecule has 1 aliphatic heterocycles. The molecule has 5 nitrogen and oxygen atoms in total. The van der Waals surface area contributed by atoms with Crippen molar-refractivity contribution < 1.29 is 17.9 Å². The lowest BCUT2D eigenvalue weighted by Crippen LogP contribution is -2.61. The van der Waals surface area contributed by atoms with E-state index < -0.39 is 15.3 Å². The molecule has 2 aromatic carbocycles. The Hall–Kier alpha value is -2.34. The van der Waals surface area contributed by atoms with Crippen molar-refractivity contribution >= 4 is 15.7 Å². The van der Waals surface area contributed by atoms with E-state index in [1.807, 2.05) is 48.2 Å². The van der Waals surface area contributed by atoms with Crippen LogP contribution in [0.1, 0.15) is 43.2 Å². The number of rotatable bonds is 5. The molecule has 0 N–H and O–H groups in total. The maximum Gasteiger partial charge on any atom is 0.233 e. The number of aryl methyl sites for hydroxylation is 1. The predicted molar refractivity (Wildman–Crippen MR) is 116 cm³/mol. The summed E-state index contributed by atoms with van der Waals surface area (Å²) in [5.41, 5.74) is 1.57. The van der Waals surface area contributed by atoms with Gasteiger partial charge in [-0.05, 0) is 49.6 Å². The molecule has 1 amide bonds. The Morgan fingerprint density at radius 3 is 2.13 bits per heavy atom. The number of carbonyl (C=O) groups excluding carboxylic acids is 1. The zero-order chi connectivity index (χ0) is 21.4. The quantitative estimate of drug-likeness (QED) is 0.726. The number of nitrogens with zero attached hydrogens (tertiary/aromatic N) is 1. The van der Waals surface area contributed by atoms with E-state index in [4.69, 9.17) is 4.74 Å². The Morgan fingerprint density at radius 2 is 1.57 bits per heavy atom. The van der Waals surface area contributed by atoms with Crippen molar-refractivity contribution in [2.45, 2.75) is 55.4 Å². The maximum absolute atomic E-state index is 13.6. The van der Waals surface area contributed by atoms with Crippen LogP contribution in [0.2, 0.25) is 0 Å². The number of amides is 1. The fourth-order valence-electron chi connectivity index (χ4n) is 4.59. The summed E-state index contributed by atoms with van der Waals surface area (Å²) in [5, 5.41) is 0. The average molecular weight is 428 g/mol. The van der Waals surface area contributed by atoms with Crippen molar-refractivity contribution in [2.24, 2.45) is 0 Å². The van der Waals surface area contributed by atoms with Crippen molar-refractivity contribution in [3.63, 3.8) is 0 Å². The number of carbonyl (C=O) groups is 1. The molecule has 4 rings (SSSR count). The lowest BCUT2D eigenvalue weighted by Gasteiger charge is -2.46. The highest BCUT2D eigenvalue weighted by molar-refractivity contribution is 7.90. The summed E-state index contributed by atoms with van der Waals surface area (Å²) < 4.78 is 29.6. The zero-order valence-corrected chi connectivity index (χ0v) is 18.5. The van der Waals surface area contributed by atoms with Crippen molar-refractivity contribution in [3.05, 3.63) is 59.7 Å². The van der Waals surface area contributed by atoms with Crippen LogP contribution in [-0.4, -0.2) is 44.7 Å². The van der Waals surface area contributed by atoms with E-state index in [0.717, 1.165) is 43.4 Å². The molecule has 0 aromatic heterocycles. The highest BCUT2D eigenvalue weighted by Crippen LogP contribution is 2.42. The van der Waals surface area contributed by atoms with Gasteiger partial charge >= 0.3 is 0 Å². The van der Waals surface area contributed by atoms with E-state index >= 15 is 0 Å². The second kappa shape index (κ2) is 8.06. The summed E-state index contributed by atoms with van der Waals surface area (Å²) in [4.78, 5) is 15.8. The second-order valence-corrected chi connectivity index (χ2v) is 10.7.